The number of hydrogen-bond donors (Lipinski definition) is 1. The van der Waals surface area contributed by atoms with E-state index in [-0.39, 0.29) is 11.0 Å². The molecule has 0 aromatic rings. The highest BCUT2D eigenvalue weighted by molar-refractivity contribution is 5.20. The van der Waals surface area contributed by atoms with Gasteiger partial charge in [-0.25, -0.2) is 0 Å². The van der Waals surface area contributed by atoms with Crippen molar-refractivity contribution in [3.63, 3.8) is 0 Å². The summed E-state index contributed by atoms with van der Waals surface area (Å²) >= 11 is 0. The van der Waals surface area contributed by atoms with Gasteiger partial charge in [0.25, 0.3) is 0 Å². The van der Waals surface area contributed by atoms with Crippen LogP contribution in [0.3, 0.4) is 0 Å². The monoisotopic (exact) mass is 288 g/mol. The Labute approximate surface area is 130 Å². The number of fused-ring (bicyclic) bond motifs is 5. The third kappa shape index (κ3) is 1.85. The van der Waals surface area contributed by atoms with Crippen molar-refractivity contribution in [2.45, 2.75) is 83.7 Å². The Kier molecular flexibility index (Phi) is 3.30. The summed E-state index contributed by atoms with van der Waals surface area (Å²) in [6.45, 7) is 4.62. The van der Waals surface area contributed by atoms with E-state index in [0.717, 1.165) is 36.5 Å². The fraction of sp³-hybridized carbons (Fsp3) is 0.900. The van der Waals surface area contributed by atoms with Crippen LogP contribution in [0, 0.1) is 29.1 Å². The first-order valence-electron chi connectivity index (χ1n) is 9.50. The molecule has 3 fully saturated rings. The Hall–Kier alpha value is -0.300. The van der Waals surface area contributed by atoms with Gasteiger partial charge in [0.1, 0.15) is 0 Å². The Morgan fingerprint density at radius 2 is 2.00 bits per heavy atom. The van der Waals surface area contributed by atoms with Crippen LogP contribution in [0.4, 0.5) is 0 Å². The van der Waals surface area contributed by atoms with Gasteiger partial charge in [-0.15, -0.1) is 0 Å². The molecule has 21 heavy (non-hydrogen) atoms. The van der Waals surface area contributed by atoms with E-state index >= 15 is 0 Å². The lowest BCUT2D eigenvalue weighted by Crippen LogP contribution is -2.52. The van der Waals surface area contributed by atoms with E-state index in [1.807, 2.05) is 5.57 Å². The van der Waals surface area contributed by atoms with Gasteiger partial charge in [0.05, 0.1) is 5.60 Å². The van der Waals surface area contributed by atoms with Crippen molar-refractivity contribution in [1.82, 2.24) is 0 Å². The molecule has 0 aliphatic heterocycles. The van der Waals surface area contributed by atoms with Gasteiger partial charge in [0, 0.05) is 0 Å². The maximum atomic E-state index is 11.2. The summed E-state index contributed by atoms with van der Waals surface area (Å²) in [5.41, 5.74) is 1.64. The Bertz CT molecular complexity index is 453. The molecular formula is C20H32O. The number of allylic oxidation sites excluding steroid dienone is 2. The third-order valence-electron chi connectivity index (χ3n) is 8.27. The molecule has 118 valence electrons. The van der Waals surface area contributed by atoms with Crippen molar-refractivity contribution in [2.24, 2.45) is 29.1 Å². The van der Waals surface area contributed by atoms with Crippen molar-refractivity contribution in [3.8, 4) is 0 Å². The molecule has 0 amide bonds. The van der Waals surface area contributed by atoms with Crippen LogP contribution in [0.1, 0.15) is 78.1 Å². The van der Waals surface area contributed by atoms with Crippen LogP contribution in [0.2, 0.25) is 0 Å². The van der Waals surface area contributed by atoms with Crippen LogP contribution < -0.4 is 0 Å². The zero-order valence-corrected chi connectivity index (χ0v) is 13.9. The fourth-order valence-corrected chi connectivity index (χ4v) is 6.94. The van der Waals surface area contributed by atoms with E-state index in [0.29, 0.717) is 0 Å². The standard InChI is InChI=1S/C20H32O/c1-3-20(21)13-11-18-17-9-8-14-6-4-5-7-15(14)16(17)10-12-19(18,20)2/h8,15-18,21H,3-7,9-13H2,1-2H3/t15?,16-,17?,18+,19?,20+/m0/s1. The van der Waals surface area contributed by atoms with Gasteiger partial charge in [-0.1, -0.05) is 31.9 Å². The van der Waals surface area contributed by atoms with Gasteiger partial charge in [0.15, 0.2) is 0 Å². The minimum atomic E-state index is -0.376. The van der Waals surface area contributed by atoms with Crippen LogP contribution >= 0.6 is 0 Å². The highest BCUT2D eigenvalue weighted by Gasteiger charge is 2.61. The van der Waals surface area contributed by atoms with Crippen LogP contribution in [0.5, 0.6) is 0 Å². The quantitative estimate of drug-likeness (QED) is 0.666. The predicted molar refractivity (Wildman–Crippen MR) is 86.9 cm³/mol. The number of rotatable bonds is 1. The molecule has 3 saturated carbocycles. The van der Waals surface area contributed by atoms with Crippen molar-refractivity contribution in [2.75, 3.05) is 0 Å². The molecule has 3 unspecified atom stereocenters. The molecule has 0 saturated heterocycles. The molecule has 4 rings (SSSR count). The smallest absolute Gasteiger partial charge is 0.0701 e. The zero-order valence-electron chi connectivity index (χ0n) is 13.9. The van der Waals surface area contributed by atoms with Gasteiger partial charge in [-0.05, 0) is 86.9 Å². The summed E-state index contributed by atoms with van der Waals surface area (Å²) in [5, 5.41) is 11.2. The summed E-state index contributed by atoms with van der Waals surface area (Å²) in [5.74, 6) is 3.51. The zero-order chi connectivity index (χ0) is 14.7. The highest BCUT2D eigenvalue weighted by atomic mass is 16.3. The SMILES string of the molecule is CC[C@@]1(O)CC[C@@H]2C3CC=C4CCCCC4[C@@H]3CCC21C. The Balaban J connectivity index is 1.65. The van der Waals surface area contributed by atoms with E-state index < -0.39 is 0 Å². The summed E-state index contributed by atoms with van der Waals surface area (Å²) in [7, 11) is 0. The lowest BCUT2D eigenvalue weighted by molar-refractivity contribution is -0.116. The van der Waals surface area contributed by atoms with Gasteiger partial charge < -0.3 is 5.11 Å². The van der Waals surface area contributed by atoms with Crippen LogP contribution in [0.15, 0.2) is 11.6 Å². The largest absolute Gasteiger partial charge is 0.389 e. The lowest BCUT2D eigenvalue weighted by atomic mass is 9.51. The van der Waals surface area contributed by atoms with Crippen molar-refractivity contribution in [1.29, 1.82) is 0 Å². The molecule has 0 aromatic carbocycles. The van der Waals surface area contributed by atoms with E-state index in [1.54, 1.807) is 0 Å². The van der Waals surface area contributed by atoms with E-state index in [2.05, 4.69) is 19.9 Å². The second-order valence-electron chi connectivity index (χ2n) is 8.68. The molecule has 1 N–H and O–H groups in total. The average Bonchev–Trinajstić information content (AvgIpc) is 2.79. The summed E-state index contributed by atoms with van der Waals surface area (Å²) in [6, 6.07) is 0. The molecular weight excluding hydrogens is 256 g/mol. The van der Waals surface area contributed by atoms with Crippen molar-refractivity contribution < 1.29 is 5.11 Å². The summed E-state index contributed by atoms with van der Waals surface area (Å²) in [6.07, 6.45) is 15.6. The lowest BCUT2D eigenvalue weighted by Gasteiger charge is -2.55. The molecule has 1 heteroatoms. The third-order valence-corrected chi connectivity index (χ3v) is 8.27. The highest BCUT2D eigenvalue weighted by Crippen LogP contribution is 2.65. The molecule has 0 radical (unpaired) electrons. The molecule has 4 aliphatic rings. The summed E-state index contributed by atoms with van der Waals surface area (Å²) in [4.78, 5) is 0. The van der Waals surface area contributed by atoms with Crippen LogP contribution in [-0.2, 0) is 0 Å². The molecule has 1 nitrogen and oxygen atoms in total. The van der Waals surface area contributed by atoms with Gasteiger partial charge in [-0.3, -0.25) is 0 Å². The fourth-order valence-electron chi connectivity index (χ4n) is 6.94. The molecule has 0 spiro atoms. The maximum Gasteiger partial charge on any atom is 0.0701 e. The van der Waals surface area contributed by atoms with Crippen LogP contribution in [0.25, 0.3) is 0 Å². The second-order valence-corrected chi connectivity index (χ2v) is 8.68. The number of aliphatic hydroxyl groups is 1. The maximum absolute atomic E-state index is 11.2. The molecule has 0 bridgehead atoms. The van der Waals surface area contributed by atoms with Crippen molar-refractivity contribution in [3.05, 3.63) is 11.6 Å². The topological polar surface area (TPSA) is 20.2 Å². The van der Waals surface area contributed by atoms with Gasteiger partial charge in [0.2, 0.25) is 0 Å². The first-order valence-corrected chi connectivity index (χ1v) is 9.50. The first kappa shape index (κ1) is 14.3. The Morgan fingerprint density at radius 1 is 1.14 bits per heavy atom. The Morgan fingerprint density at radius 3 is 2.81 bits per heavy atom. The first-order chi connectivity index (χ1) is 10.1. The number of hydrogen-bond acceptors (Lipinski definition) is 1. The van der Waals surface area contributed by atoms with E-state index in [9.17, 15) is 5.11 Å². The van der Waals surface area contributed by atoms with Crippen molar-refractivity contribution >= 4 is 0 Å². The van der Waals surface area contributed by atoms with Gasteiger partial charge in [-0.2, -0.15) is 0 Å². The average molecular weight is 288 g/mol. The second kappa shape index (κ2) is 4.85. The summed E-state index contributed by atoms with van der Waals surface area (Å²) < 4.78 is 0. The predicted octanol–water partition coefficient (Wildman–Crippen LogP) is 5.09. The molecule has 0 heterocycles. The minimum absolute atomic E-state index is 0.197. The van der Waals surface area contributed by atoms with Gasteiger partial charge >= 0.3 is 0 Å². The normalized spacial score (nSPS) is 52.6. The van der Waals surface area contributed by atoms with E-state index in [4.69, 9.17) is 0 Å². The minimum Gasteiger partial charge on any atom is -0.389 e. The molecule has 6 atom stereocenters. The molecule has 0 aromatic heterocycles. The molecule has 4 aliphatic carbocycles. The van der Waals surface area contributed by atoms with Crippen LogP contribution in [-0.4, -0.2) is 10.7 Å². The van der Waals surface area contributed by atoms with E-state index in [1.165, 1.54) is 51.4 Å².